The third-order valence-electron chi connectivity index (χ3n) is 5.39. The minimum Gasteiger partial charge on any atom is -0.368 e. The van der Waals surface area contributed by atoms with Crippen LogP contribution in [0.2, 0.25) is 0 Å². The van der Waals surface area contributed by atoms with Gasteiger partial charge in [-0.15, -0.1) is 12.4 Å². The zero-order valence-corrected chi connectivity index (χ0v) is 16.7. The molecule has 1 aliphatic carbocycles. The fraction of sp³-hybridized carbons (Fsp3) is 0.611. The molecule has 0 bridgehead atoms. The van der Waals surface area contributed by atoms with Crippen LogP contribution in [-0.4, -0.2) is 50.2 Å². The molecule has 4 nitrogen and oxygen atoms in total. The predicted octanol–water partition coefficient (Wildman–Crippen LogP) is 3.13. The number of piperidine rings is 1. The number of carbonyl (C=O) groups is 1. The van der Waals surface area contributed by atoms with Crippen LogP contribution in [0.1, 0.15) is 31.2 Å². The molecule has 2 fully saturated rings. The minimum absolute atomic E-state index is 0. The molecule has 24 heavy (non-hydrogen) atoms. The lowest BCUT2D eigenvalue weighted by atomic mass is 9.89. The topological polar surface area (TPSA) is 41.6 Å². The Balaban J connectivity index is 0.00000208. The summed E-state index contributed by atoms with van der Waals surface area (Å²) in [6.45, 7) is 2.45. The Morgan fingerprint density at radius 3 is 2.29 bits per heavy atom. The van der Waals surface area contributed by atoms with Crippen molar-refractivity contribution in [3.05, 3.63) is 34.3 Å². The van der Waals surface area contributed by atoms with Gasteiger partial charge in [0, 0.05) is 30.6 Å². The lowest BCUT2D eigenvalue weighted by Crippen LogP contribution is -2.55. The van der Waals surface area contributed by atoms with Gasteiger partial charge in [-0.3, -0.25) is 4.79 Å². The first-order valence-corrected chi connectivity index (χ1v) is 9.08. The predicted molar refractivity (Wildman–Crippen MR) is 102 cm³/mol. The summed E-state index contributed by atoms with van der Waals surface area (Å²) in [6, 6.07) is 8.51. The molecule has 3 rings (SSSR count). The molecule has 1 aliphatic heterocycles. The second kappa shape index (κ2) is 7.73. The Morgan fingerprint density at radius 1 is 1.21 bits per heavy atom. The summed E-state index contributed by atoms with van der Waals surface area (Å²) in [5, 5.41) is 3.30. The van der Waals surface area contributed by atoms with Crippen LogP contribution in [0.25, 0.3) is 0 Å². The van der Waals surface area contributed by atoms with E-state index in [1.54, 1.807) is 7.11 Å². The van der Waals surface area contributed by atoms with Crippen molar-refractivity contribution in [2.45, 2.75) is 36.7 Å². The zero-order chi connectivity index (χ0) is 16.5. The van der Waals surface area contributed by atoms with Crippen molar-refractivity contribution in [1.29, 1.82) is 0 Å². The Hall–Kier alpha value is -0.620. The molecule has 1 saturated heterocycles. The van der Waals surface area contributed by atoms with Crippen molar-refractivity contribution >= 4 is 34.2 Å². The number of rotatable bonds is 5. The highest BCUT2D eigenvalue weighted by atomic mass is 79.9. The molecule has 1 aromatic rings. The van der Waals surface area contributed by atoms with Gasteiger partial charge < -0.3 is 15.0 Å². The number of nitrogens with one attached hydrogen (secondary N) is 1. The van der Waals surface area contributed by atoms with E-state index in [0.29, 0.717) is 0 Å². The van der Waals surface area contributed by atoms with Gasteiger partial charge in [0.2, 0.25) is 0 Å². The molecule has 1 aromatic carbocycles. The number of likely N-dealkylation sites (N-methyl/N-ethyl adjacent to an activating group) is 1. The summed E-state index contributed by atoms with van der Waals surface area (Å²) in [5.41, 5.74) is 0.820. The average molecular weight is 418 g/mol. The quantitative estimate of drug-likeness (QED) is 0.800. The van der Waals surface area contributed by atoms with Crippen molar-refractivity contribution in [2.75, 3.05) is 33.8 Å². The van der Waals surface area contributed by atoms with Crippen molar-refractivity contribution in [1.82, 2.24) is 10.2 Å². The van der Waals surface area contributed by atoms with E-state index in [9.17, 15) is 4.79 Å². The first kappa shape index (κ1) is 19.7. The third kappa shape index (κ3) is 3.79. The van der Waals surface area contributed by atoms with Crippen LogP contribution in [0.5, 0.6) is 0 Å². The highest BCUT2D eigenvalue weighted by Gasteiger charge is 2.48. The number of methoxy groups -OCH3 is 1. The minimum atomic E-state index is -0.643. The van der Waals surface area contributed by atoms with E-state index in [1.807, 2.05) is 11.9 Å². The maximum atomic E-state index is 13.0. The van der Waals surface area contributed by atoms with E-state index < -0.39 is 5.60 Å². The third-order valence-corrected chi connectivity index (χ3v) is 5.92. The molecular formula is C18H26BrClN2O2. The van der Waals surface area contributed by atoms with Crippen LogP contribution < -0.4 is 5.32 Å². The molecule has 0 unspecified atom stereocenters. The highest BCUT2D eigenvalue weighted by molar-refractivity contribution is 9.10. The fourth-order valence-electron chi connectivity index (χ4n) is 3.70. The van der Waals surface area contributed by atoms with Gasteiger partial charge >= 0.3 is 0 Å². The maximum absolute atomic E-state index is 13.0. The molecule has 0 radical (unpaired) electrons. The lowest BCUT2D eigenvalue weighted by Gasteiger charge is -2.38. The molecule has 0 atom stereocenters. The molecule has 134 valence electrons. The van der Waals surface area contributed by atoms with Gasteiger partial charge in [-0.05, 0) is 56.5 Å². The number of carbonyl (C=O) groups excluding carboxylic acids is 1. The Morgan fingerprint density at radius 2 is 1.79 bits per heavy atom. The zero-order valence-electron chi connectivity index (χ0n) is 14.3. The largest absolute Gasteiger partial charge is 0.368 e. The molecule has 1 amide bonds. The summed E-state index contributed by atoms with van der Waals surface area (Å²) in [4.78, 5) is 14.9. The van der Waals surface area contributed by atoms with Crippen molar-refractivity contribution < 1.29 is 9.53 Å². The van der Waals surface area contributed by atoms with Crippen molar-refractivity contribution in [2.24, 2.45) is 0 Å². The number of halogens is 2. The van der Waals surface area contributed by atoms with Gasteiger partial charge in [0.15, 0.2) is 0 Å². The number of ether oxygens (including phenoxy) is 1. The van der Waals surface area contributed by atoms with E-state index >= 15 is 0 Å². The van der Waals surface area contributed by atoms with Gasteiger partial charge in [0.1, 0.15) is 5.60 Å². The fourth-order valence-corrected chi connectivity index (χ4v) is 3.97. The number of amides is 1. The van der Waals surface area contributed by atoms with E-state index in [1.165, 1.54) is 5.56 Å². The first-order valence-electron chi connectivity index (χ1n) is 8.29. The second-order valence-electron chi connectivity index (χ2n) is 6.90. The first-order chi connectivity index (χ1) is 11.0. The van der Waals surface area contributed by atoms with Gasteiger partial charge in [0.25, 0.3) is 5.91 Å². The number of benzene rings is 1. The van der Waals surface area contributed by atoms with E-state index in [0.717, 1.165) is 49.8 Å². The normalized spacial score (nSPS) is 20.8. The molecule has 0 aromatic heterocycles. The van der Waals surface area contributed by atoms with Gasteiger partial charge in [0.05, 0.1) is 0 Å². The summed E-state index contributed by atoms with van der Waals surface area (Å²) < 4.78 is 6.77. The summed E-state index contributed by atoms with van der Waals surface area (Å²) in [7, 11) is 3.59. The maximum Gasteiger partial charge on any atom is 0.254 e. The molecule has 1 N–H and O–H groups in total. The SMILES string of the molecule is COC1(C(=O)N(C)CC2(c3ccc(Br)cc3)CC2)CCNCC1.Cl. The molecule has 6 heteroatoms. The summed E-state index contributed by atoms with van der Waals surface area (Å²) in [5.74, 6) is 0.130. The molecular weight excluding hydrogens is 392 g/mol. The lowest BCUT2D eigenvalue weighted by molar-refractivity contribution is -0.157. The van der Waals surface area contributed by atoms with E-state index in [-0.39, 0.29) is 23.7 Å². The van der Waals surface area contributed by atoms with Crippen LogP contribution in [0.15, 0.2) is 28.7 Å². The van der Waals surface area contributed by atoms with Crippen molar-refractivity contribution in [3.63, 3.8) is 0 Å². The van der Waals surface area contributed by atoms with E-state index in [4.69, 9.17) is 4.74 Å². The van der Waals surface area contributed by atoms with Crippen LogP contribution in [0, 0.1) is 0 Å². The van der Waals surface area contributed by atoms with Gasteiger partial charge in [-0.1, -0.05) is 28.1 Å². The Kier molecular flexibility index (Phi) is 6.35. The van der Waals surface area contributed by atoms with Crippen molar-refractivity contribution in [3.8, 4) is 0 Å². The smallest absolute Gasteiger partial charge is 0.254 e. The van der Waals surface area contributed by atoms with Crippen LogP contribution >= 0.6 is 28.3 Å². The molecule has 1 heterocycles. The number of hydrogen-bond acceptors (Lipinski definition) is 3. The molecule has 1 saturated carbocycles. The standard InChI is InChI=1S/C18H25BrN2O2.ClH/c1-21(16(22)18(23-2)9-11-20-12-10-18)13-17(7-8-17)14-3-5-15(19)6-4-14;/h3-6,20H,7-13H2,1-2H3;1H. The Labute approximate surface area is 158 Å². The molecule has 0 spiro atoms. The second-order valence-corrected chi connectivity index (χ2v) is 7.81. The van der Waals surface area contributed by atoms with Gasteiger partial charge in [-0.25, -0.2) is 0 Å². The summed E-state index contributed by atoms with van der Waals surface area (Å²) >= 11 is 3.49. The highest BCUT2D eigenvalue weighted by Crippen LogP contribution is 2.49. The van der Waals surface area contributed by atoms with Gasteiger partial charge in [-0.2, -0.15) is 0 Å². The van der Waals surface area contributed by atoms with Crippen LogP contribution in [0.4, 0.5) is 0 Å². The average Bonchev–Trinajstić information content (AvgIpc) is 3.36. The molecule has 2 aliphatic rings. The monoisotopic (exact) mass is 416 g/mol. The summed E-state index contributed by atoms with van der Waals surface area (Å²) in [6.07, 6.45) is 3.79. The van der Waals surface area contributed by atoms with Crippen LogP contribution in [-0.2, 0) is 14.9 Å². The Bertz CT molecular complexity index is 569. The van der Waals surface area contributed by atoms with Crippen LogP contribution in [0.3, 0.4) is 0 Å². The van der Waals surface area contributed by atoms with E-state index in [2.05, 4.69) is 45.5 Å². The number of hydrogen-bond donors (Lipinski definition) is 1. The number of nitrogens with zero attached hydrogens (tertiary/aromatic N) is 1.